The number of hydrogen-bond donors (Lipinski definition) is 9. The first-order chi connectivity index (χ1) is 22.8. The molecule has 0 aliphatic carbocycles. The molecular formula is C21H30N7O17P3S. The maximum atomic E-state index is 12.6. The number of nitrogens with zero attached hydrogens (tertiary/aromatic N) is 5. The van der Waals surface area contributed by atoms with E-state index in [9.17, 15) is 53.4 Å². The van der Waals surface area contributed by atoms with E-state index < -0.39 is 96.4 Å². The first-order valence-electron chi connectivity index (χ1n) is 13.9. The number of ether oxygens (including phenoxy) is 2. The molecular weight excluding hydrogens is 747 g/mol. The van der Waals surface area contributed by atoms with Crippen molar-refractivity contribution in [3.8, 4) is 0 Å². The average molecular weight is 777 g/mol. The van der Waals surface area contributed by atoms with Gasteiger partial charge in [0.1, 0.15) is 53.2 Å². The second-order valence-corrected chi connectivity index (χ2v) is 16.9. The van der Waals surface area contributed by atoms with Crippen LogP contribution in [0.25, 0.3) is 11.2 Å². The average Bonchev–Trinajstić information content (AvgIpc) is 3.33. The Labute approximate surface area is 278 Å². The summed E-state index contributed by atoms with van der Waals surface area (Å²) in [7, 11) is -16.3. The van der Waals surface area contributed by atoms with Crippen LogP contribution in [0.4, 0.5) is 5.82 Å². The van der Waals surface area contributed by atoms with E-state index in [4.69, 9.17) is 34.5 Å². The highest BCUT2D eigenvalue weighted by Gasteiger charge is 2.63. The maximum absolute atomic E-state index is 12.6. The Hall–Kier alpha value is -2.12. The van der Waals surface area contributed by atoms with Crippen molar-refractivity contribution in [1.82, 2.24) is 24.4 Å². The third kappa shape index (κ3) is 7.45. The van der Waals surface area contributed by atoms with Crippen LogP contribution in [0.1, 0.15) is 6.23 Å². The largest absolute Gasteiger partial charge is 0.481 e. The Morgan fingerprint density at radius 1 is 0.980 bits per heavy atom. The Bertz CT molecular complexity index is 1780. The number of imidazole rings is 1. The summed E-state index contributed by atoms with van der Waals surface area (Å²) in [4.78, 5) is 64.2. The molecule has 6 rings (SSSR count). The van der Waals surface area contributed by atoms with E-state index in [2.05, 4.69) is 19.3 Å². The zero-order chi connectivity index (χ0) is 35.7. The quantitative estimate of drug-likeness (QED) is 0.0723. The van der Waals surface area contributed by atoms with E-state index in [0.29, 0.717) is 0 Å². The topological polar surface area (TPSA) is 364 Å². The monoisotopic (exact) mass is 777 g/mol. The molecule has 3 fully saturated rings. The fourth-order valence-corrected chi connectivity index (χ4v) is 9.32. The van der Waals surface area contributed by atoms with Crippen LogP contribution in [0, 0.1) is 0 Å². The van der Waals surface area contributed by atoms with Crippen molar-refractivity contribution in [3.05, 3.63) is 24.9 Å². The van der Waals surface area contributed by atoms with Gasteiger partial charge in [0.05, 0.1) is 24.8 Å². The van der Waals surface area contributed by atoms with Crippen molar-refractivity contribution < 1.29 is 80.7 Å². The highest BCUT2D eigenvalue weighted by atomic mass is 32.2. The van der Waals surface area contributed by atoms with Crippen LogP contribution in [-0.2, 0) is 45.8 Å². The Morgan fingerprint density at radius 2 is 1.61 bits per heavy atom. The lowest BCUT2D eigenvalue weighted by Gasteiger charge is -2.33. The maximum Gasteiger partial charge on any atom is 0.481 e. The number of hydrogen-bond acceptors (Lipinski definition) is 19. The number of nitrogen functional groups attached to an aromatic ring is 1. The van der Waals surface area contributed by atoms with Crippen LogP contribution >= 0.6 is 35.2 Å². The van der Waals surface area contributed by atoms with Crippen molar-refractivity contribution >= 4 is 58.1 Å². The molecule has 272 valence electrons. The second kappa shape index (κ2) is 13.1. The summed E-state index contributed by atoms with van der Waals surface area (Å²) < 4.78 is 66.6. The van der Waals surface area contributed by atoms with Gasteiger partial charge in [-0.25, -0.2) is 28.6 Å². The summed E-state index contributed by atoms with van der Waals surface area (Å²) in [5, 5.41) is 31.6. The molecule has 1 amide bonds. The van der Waals surface area contributed by atoms with E-state index >= 15 is 0 Å². The minimum atomic E-state index is -5.52. The van der Waals surface area contributed by atoms with Crippen LogP contribution in [-0.4, -0.2) is 138 Å². The fraction of sp³-hybridized carbons (Fsp3) is 0.619. The van der Waals surface area contributed by atoms with E-state index in [-0.39, 0.29) is 28.8 Å². The van der Waals surface area contributed by atoms with Gasteiger partial charge in [-0.3, -0.25) is 22.9 Å². The second-order valence-electron chi connectivity index (χ2n) is 11.2. The van der Waals surface area contributed by atoms with Gasteiger partial charge in [-0.1, -0.05) is 6.08 Å². The highest BCUT2D eigenvalue weighted by Crippen LogP contribution is 2.61. The number of thioether (sulfide) groups is 1. The molecule has 2 aromatic heterocycles. The van der Waals surface area contributed by atoms with Crippen LogP contribution < -0.4 is 11.5 Å². The van der Waals surface area contributed by atoms with E-state index in [1.165, 1.54) is 16.7 Å². The summed E-state index contributed by atoms with van der Waals surface area (Å²) >= 11 is 1.31. The number of carbonyl (C=O) groups is 1. The van der Waals surface area contributed by atoms with E-state index in [0.717, 1.165) is 17.2 Å². The third-order valence-electron chi connectivity index (χ3n) is 7.93. The van der Waals surface area contributed by atoms with Crippen LogP contribution in [0.15, 0.2) is 24.9 Å². The first kappa shape index (κ1) is 36.7. The molecule has 0 aromatic carbocycles. The van der Waals surface area contributed by atoms with Crippen molar-refractivity contribution in [1.29, 1.82) is 0 Å². The normalized spacial score (nSPS) is 36.8. The molecule has 3 saturated heterocycles. The molecule has 11 N–H and O–H groups in total. The molecule has 4 aliphatic heterocycles. The van der Waals surface area contributed by atoms with Crippen molar-refractivity contribution in [2.75, 3.05) is 25.5 Å². The van der Waals surface area contributed by atoms with Gasteiger partial charge in [-0.15, -0.1) is 11.8 Å². The number of rotatable bonds is 13. The number of anilines is 1. The molecule has 0 radical (unpaired) electrons. The first-order valence-corrected chi connectivity index (χ1v) is 19.3. The Balaban J connectivity index is 1.06. The van der Waals surface area contributed by atoms with Crippen molar-refractivity contribution in [2.24, 2.45) is 5.73 Å². The molecule has 0 bridgehead atoms. The Kier molecular flexibility index (Phi) is 9.83. The molecule has 28 heteroatoms. The summed E-state index contributed by atoms with van der Waals surface area (Å²) in [5.41, 5.74) is 11.3. The molecule has 0 saturated carbocycles. The number of carbonyl (C=O) groups excluding carboxylic acids is 1. The number of phosphoric ester groups is 3. The lowest BCUT2D eigenvalue weighted by molar-refractivity contribution is -0.122. The molecule has 2 aromatic rings. The lowest BCUT2D eigenvalue weighted by atomic mass is 10.0. The van der Waals surface area contributed by atoms with E-state index in [1.807, 2.05) is 0 Å². The van der Waals surface area contributed by atoms with Crippen molar-refractivity contribution in [2.45, 2.75) is 59.1 Å². The molecule has 4 aliphatic rings. The molecule has 49 heavy (non-hydrogen) atoms. The number of aliphatic hydroxyl groups excluding tert-OH is 3. The van der Waals surface area contributed by atoms with Crippen LogP contribution in [0.2, 0.25) is 0 Å². The van der Waals surface area contributed by atoms with E-state index in [1.54, 1.807) is 12.3 Å². The number of aliphatic hydroxyl groups is 3. The number of phosphoric acid groups is 3. The number of nitrogens with two attached hydrogens (primary N) is 2. The summed E-state index contributed by atoms with van der Waals surface area (Å²) in [6.07, 6.45) is -7.53. The zero-order valence-corrected chi connectivity index (χ0v) is 28.0. The van der Waals surface area contributed by atoms with Gasteiger partial charge in [0.25, 0.3) is 0 Å². The third-order valence-corrected chi connectivity index (χ3v) is 12.6. The molecule has 2 unspecified atom stereocenters. The van der Waals surface area contributed by atoms with Gasteiger partial charge in [0, 0.05) is 6.54 Å². The number of aromatic nitrogens is 4. The SMILES string of the molecule is NC(=O)[C@]12CN([C@@H]3O[C@H](COP(=O)(O)OP(=O)(O)OC[C@H]4O[C@@H](n5cnc6c(N)ncnc65)[C@H](OP(=O)(O)O)[C@@H]4O)[C@@H](O)[C@H]3O)C=C[C@H]1S2. The van der Waals surface area contributed by atoms with Gasteiger partial charge in [-0.2, -0.15) is 4.31 Å². The number of amides is 1. The molecule has 12 atom stereocenters. The van der Waals surface area contributed by atoms with Gasteiger partial charge in [0.2, 0.25) is 5.91 Å². The summed E-state index contributed by atoms with van der Waals surface area (Å²) in [5.74, 6) is -0.629. The smallest absolute Gasteiger partial charge is 0.387 e. The molecule has 0 spiro atoms. The summed E-state index contributed by atoms with van der Waals surface area (Å²) in [6.45, 7) is -1.94. The number of fused-ring (bicyclic) bond motifs is 2. The standard InChI is InChI=1S/C21H30N7O17P3S/c22-16-11-17(25-6-24-16)28(7-26-11)19-15(44-46(33,34)35)13(30)9(43-19)4-41-48(38,39)45-47(36,37)40-3-8-12(29)14(31)18(42-8)27-2-1-10-21(5-27,49-10)20(23)32/h1-2,6-10,12-15,18-19,29-31H,3-5H2,(H2,23,32)(H,36,37)(H,38,39)(H2,22,24,25)(H2,33,34,35)/t8-,9-,10-,12-,13-,14-,15-,18-,19-,21+/m1/s1. The van der Waals surface area contributed by atoms with Gasteiger partial charge < -0.3 is 60.7 Å². The lowest BCUT2D eigenvalue weighted by Crippen LogP contribution is -2.50. The zero-order valence-electron chi connectivity index (χ0n) is 24.5. The Morgan fingerprint density at radius 3 is 2.24 bits per heavy atom. The van der Waals surface area contributed by atoms with Gasteiger partial charge in [-0.05, 0) is 6.20 Å². The summed E-state index contributed by atoms with van der Waals surface area (Å²) in [6, 6.07) is 0. The predicted molar refractivity (Wildman–Crippen MR) is 159 cm³/mol. The fourth-order valence-electron chi connectivity index (χ4n) is 5.54. The molecule has 24 nitrogen and oxygen atoms in total. The minimum absolute atomic E-state index is 0.00726. The van der Waals surface area contributed by atoms with Gasteiger partial charge >= 0.3 is 23.5 Å². The predicted octanol–water partition coefficient (Wildman–Crippen LogP) is -2.99. The highest BCUT2D eigenvalue weighted by molar-refractivity contribution is 8.09. The van der Waals surface area contributed by atoms with Crippen LogP contribution in [0.3, 0.4) is 0 Å². The molecule has 6 heterocycles. The van der Waals surface area contributed by atoms with Crippen molar-refractivity contribution in [3.63, 3.8) is 0 Å². The minimum Gasteiger partial charge on any atom is -0.387 e. The van der Waals surface area contributed by atoms with Gasteiger partial charge in [0.15, 0.2) is 23.9 Å². The number of primary amides is 1. The van der Waals surface area contributed by atoms with Crippen LogP contribution in [0.5, 0.6) is 0 Å².